The Labute approximate surface area is 145 Å². The summed E-state index contributed by atoms with van der Waals surface area (Å²) in [4.78, 5) is 27.4. The molecular weight excluding hydrogens is 320 g/mol. The number of amides is 3. The van der Waals surface area contributed by atoms with Gasteiger partial charge < -0.3 is 20.7 Å². The molecule has 7 heteroatoms. The smallest absolute Gasteiger partial charge is 0.319 e. The van der Waals surface area contributed by atoms with Crippen molar-refractivity contribution in [3.63, 3.8) is 0 Å². The highest BCUT2D eigenvalue weighted by atomic mass is 16.5. The number of rotatable bonds is 6. The topological polar surface area (TPSA) is 92.4 Å². The summed E-state index contributed by atoms with van der Waals surface area (Å²) in [6.07, 6.45) is 3.52. The van der Waals surface area contributed by atoms with Gasteiger partial charge in [-0.2, -0.15) is 0 Å². The normalized spacial score (nSPS) is 13.0. The molecule has 7 nitrogen and oxygen atoms in total. The average molecular weight is 340 g/mol. The van der Waals surface area contributed by atoms with Gasteiger partial charge >= 0.3 is 6.03 Å². The number of aryl methyl sites for hydroxylation is 1. The van der Waals surface area contributed by atoms with E-state index in [1.54, 1.807) is 12.1 Å². The lowest BCUT2D eigenvalue weighted by atomic mass is 10.2. The number of carbonyl (C=O) groups is 2. The number of anilines is 1. The first-order valence-electron chi connectivity index (χ1n) is 8.13. The Balaban J connectivity index is 1.45. The molecule has 1 fully saturated rings. The van der Waals surface area contributed by atoms with Crippen LogP contribution >= 0.6 is 0 Å². The first-order valence-corrected chi connectivity index (χ1v) is 8.13. The van der Waals surface area contributed by atoms with Crippen LogP contribution in [0.25, 0.3) is 0 Å². The molecule has 0 unspecified atom stereocenters. The Bertz CT molecular complexity index is 740. The van der Waals surface area contributed by atoms with Crippen LogP contribution in [0.1, 0.15) is 18.4 Å². The minimum absolute atomic E-state index is 0.0512. The predicted octanol–water partition coefficient (Wildman–Crippen LogP) is 2.58. The van der Waals surface area contributed by atoms with Crippen LogP contribution in [0.3, 0.4) is 0 Å². The van der Waals surface area contributed by atoms with Crippen LogP contribution in [-0.4, -0.2) is 29.5 Å². The minimum Gasteiger partial charge on any atom is -0.439 e. The van der Waals surface area contributed by atoms with Crippen LogP contribution in [0.4, 0.5) is 10.5 Å². The second-order valence-electron chi connectivity index (χ2n) is 5.95. The molecule has 0 spiro atoms. The molecule has 1 aromatic heterocycles. The van der Waals surface area contributed by atoms with E-state index in [0.717, 1.165) is 18.4 Å². The fraction of sp³-hybridized carbons (Fsp3) is 0.278. The number of hydrogen-bond donors (Lipinski definition) is 3. The van der Waals surface area contributed by atoms with Gasteiger partial charge in [0.15, 0.2) is 0 Å². The third-order valence-corrected chi connectivity index (χ3v) is 3.59. The van der Waals surface area contributed by atoms with Crippen LogP contribution in [0.2, 0.25) is 0 Å². The van der Waals surface area contributed by atoms with E-state index in [9.17, 15) is 9.59 Å². The van der Waals surface area contributed by atoms with Gasteiger partial charge in [0.05, 0.1) is 18.4 Å². The van der Waals surface area contributed by atoms with Crippen molar-refractivity contribution in [1.82, 2.24) is 15.6 Å². The molecule has 130 valence electrons. The van der Waals surface area contributed by atoms with E-state index in [4.69, 9.17) is 4.74 Å². The van der Waals surface area contributed by atoms with E-state index < -0.39 is 6.03 Å². The Morgan fingerprint density at radius 2 is 1.92 bits per heavy atom. The summed E-state index contributed by atoms with van der Waals surface area (Å²) in [6.45, 7) is 1.95. The molecule has 3 amide bonds. The number of hydrogen-bond acceptors (Lipinski definition) is 4. The lowest BCUT2D eigenvalue weighted by Gasteiger charge is -2.09. The van der Waals surface area contributed by atoms with Crippen molar-refractivity contribution in [1.29, 1.82) is 0 Å². The Morgan fingerprint density at radius 3 is 2.56 bits per heavy atom. The molecule has 1 saturated carbocycles. The minimum atomic E-state index is -0.458. The number of aromatic nitrogens is 1. The van der Waals surface area contributed by atoms with E-state index >= 15 is 0 Å². The first-order chi connectivity index (χ1) is 12.1. The van der Waals surface area contributed by atoms with Crippen LogP contribution in [0.15, 0.2) is 42.6 Å². The van der Waals surface area contributed by atoms with Crippen molar-refractivity contribution in [3.8, 4) is 11.6 Å². The predicted molar refractivity (Wildman–Crippen MR) is 93.7 cm³/mol. The molecule has 25 heavy (non-hydrogen) atoms. The van der Waals surface area contributed by atoms with Gasteiger partial charge in [-0.3, -0.25) is 4.79 Å². The number of nitrogens with one attached hydrogen (secondary N) is 3. The molecule has 1 heterocycles. The zero-order valence-corrected chi connectivity index (χ0v) is 13.9. The molecule has 1 aromatic carbocycles. The average Bonchev–Trinajstić information content (AvgIpc) is 3.41. The van der Waals surface area contributed by atoms with Gasteiger partial charge in [-0.15, -0.1) is 0 Å². The Hall–Kier alpha value is -3.09. The number of urea groups is 1. The van der Waals surface area contributed by atoms with Gasteiger partial charge in [-0.25, -0.2) is 9.78 Å². The highest BCUT2D eigenvalue weighted by molar-refractivity contribution is 5.92. The van der Waals surface area contributed by atoms with E-state index in [0.29, 0.717) is 17.3 Å². The van der Waals surface area contributed by atoms with Crippen molar-refractivity contribution in [2.24, 2.45) is 0 Å². The van der Waals surface area contributed by atoms with Crippen molar-refractivity contribution in [3.05, 3.63) is 48.2 Å². The first kappa shape index (κ1) is 16.8. The molecule has 1 aliphatic rings. The molecule has 0 bridgehead atoms. The van der Waals surface area contributed by atoms with E-state index in [1.165, 1.54) is 6.20 Å². The summed E-state index contributed by atoms with van der Waals surface area (Å²) in [5.41, 5.74) is 1.66. The zero-order valence-electron chi connectivity index (χ0n) is 13.9. The Kier molecular flexibility index (Phi) is 5.13. The lowest BCUT2D eigenvalue weighted by molar-refractivity contribution is -0.120. The van der Waals surface area contributed by atoms with Crippen molar-refractivity contribution < 1.29 is 14.3 Å². The number of pyridine rings is 1. The highest BCUT2D eigenvalue weighted by Gasteiger charge is 2.23. The molecule has 0 aliphatic heterocycles. The Morgan fingerprint density at radius 1 is 1.16 bits per heavy atom. The van der Waals surface area contributed by atoms with E-state index in [1.807, 2.05) is 31.2 Å². The summed E-state index contributed by atoms with van der Waals surface area (Å²) in [5, 5.41) is 7.92. The molecule has 2 aromatic rings. The van der Waals surface area contributed by atoms with Gasteiger partial charge in [0.2, 0.25) is 11.8 Å². The highest BCUT2D eigenvalue weighted by Crippen LogP contribution is 2.20. The van der Waals surface area contributed by atoms with Gasteiger partial charge in [0.1, 0.15) is 5.75 Å². The molecule has 3 rings (SSSR count). The molecule has 3 N–H and O–H groups in total. The number of ether oxygens (including phenoxy) is 1. The van der Waals surface area contributed by atoms with Crippen LogP contribution in [-0.2, 0) is 4.79 Å². The second-order valence-corrected chi connectivity index (χ2v) is 5.95. The monoisotopic (exact) mass is 340 g/mol. The molecular formula is C18H20N4O3. The molecule has 0 saturated heterocycles. The maximum Gasteiger partial charge on any atom is 0.319 e. The standard InChI is InChI=1S/C18H20N4O3/c1-12-2-7-15(8-3-12)25-17-9-6-14(10-19-17)22-18(24)20-11-16(23)21-13-4-5-13/h2-3,6-10,13H,4-5,11H2,1H3,(H,21,23)(H2,20,22,24). The third kappa shape index (κ3) is 5.49. The number of benzene rings is 1. The second kappa shape index (κ2) is 7.65. The summed E-state index contributed by atoms with van der Waals surface area (Å²) in [7, 11) is 0. The molecule has 1 aliphatic carbocycles. The van der Waals surface area contributed by atoms with Crippen molar-refractivity contribution in [2.75, 3.05) is 11.9 Å². The van der Waals surface area contributed by atoms with Gasteiger partial charge in [0.25, 0.3) is 0 Å². The molecule has 0 radical (unpaired) electrons. The van der Waals surface area contributed by atoms with Crippen LogP contribution in [0.5, 0.6) is 11.6 Å². The largest absolute Gasteiger partial charge is 0.439 e. The third-order valence-electron chi connectivity index (χ3n) is 3.59. The maximum absolute atomic E-state index is 11.8. The number of nitrogens with zero attached hydrogens (tertiary/aromatic N) is 1. The SMILES string of the molecule is Cc1ccc(Oc2ccc(NC(=O)NCC(=O)NC3CC3)cn2)cc1. The van der Waals surface area contributed by atoms with Crippen molar-refractivity contribution >= 4 is 17.6 Å². The fourth-order valence-corrected chi connectivity index (χ4v) is 2.08. The van der Waals surface area contributed by atoms with Crippen LogP contribution in [0, 0.1) is 6.92 Å². The van der Waals surface area contributed by atoms with Crippen molar-refractivity contribution in [2.45, 2.75) is 25.8 Å². The number of carbonyl (C=O) groups excluding carboxylic acids is 2. The quantitative estimate of drug-likeness (QED) is 0.753. The van der Waals surface area contributed by atoms with Gasteiger partial charge in [-0.1, -0.05) is 17.7 Å². The summed E-state index contributed by atoms with van der Waals surface area (Å²) < 4.78 is 5.62. The van der Waals surface area contributed by atoms with E-state index in [-0.39, 0.29) is 18.5 Å². The van der Waals surface area contributed by atoms with Crippen LogP contribution < -0.4 is 20.7 Å². The summed E-state index contributed by atoms with van der Waals surface area (Å²) >= 11 is 0. The van der Waals surface area contributed by atoms with E-state index in [2.05, 4.69) is 20.9 Å². The summed E-state index contributed by atoms with van der Waals surface area (Å²) in [6, 6.07) is 10.8. The zero-order chi connectivity index (χ0) is 17.6. The molecule has 0 atom stereocenters. The fourth-order valence-electron chi connectivity index (χ4n) is 2.08. The van der Waals surface area contributed by atoms with Gasteiger partial charge in [-0.05, 0) is 38.0 Å². The van der Waals surface area contributed by atoms with Gasteiger partial charge in [0, 0.05) is 12.1 Å². The maximum atomic E-state index is 11.8. The summed E-state index contributed by atoms with van der Waals surface area (Å²) in [5.74, 6) is 0.939. The lowest BCUT2D eigenvalue weighted by Crippen LogP contribution is -2.39.